The van der Waals surface area contributed by atoms with Crippen LogP contribution in [-0.4, -0.2) is 16.7 Å². The van der Waals surface area contributed by atoms with Gasteiger partial charge in [-0.15, -0.1) is 0 Å². The fourth-order valence-corrected chi connectivity index (χ4v) is 1.89. The highest BCUT2D eigenvalue weighted by Crippen LogP contribution is 2.21. The molecular formula is C15H14ClN3O2. The number of carbonyl (C=O) groups is 1. The largest absolute Gasteiger partial charge is 0.507 e. The predicted octanol–water partition coefficient (Wildman–Crippen LogP) is 2.78. The van der Waals surface area contributed by atoms with Gasteiger partial charge in [0, 0.05) is 10.7 Å². The van der Waals surface area contributed by atoms with Crippen molar-refractivity contribution in [1.82, 2.24) is 5.43 Å². The van der Waals surface area contributed by atoms with Crippen LogP contribution in [0, 0.1) is 0 Å². The number of nitrogens with one attached hydrogen (secondary N) is 1. The average molecular weight is 304 g/mol. The Kier molecular flexibility index (Phi) is 4.45. The van der Waals surface area contributed by atoms with Crippen LogP contribution in [0.1, 0.15) is 22.8 Å². The third kappa shape index (κ3) is 3.73. The number of amides is 1. The number of nitrogen functional groups attached to an aromatic ring is 1. The summed E-state index contributed by atoms with van der Waals surface area (Å²) in [7, 11) is 0. The molecule has 0 saturated carbocycles. The first-order chi connectivity index (χ1) is 9.97. The number of hydrazone groups is 1. The van der Waals surface area contributed by atoms with Crippen molar-refractivity contribution in [2.24, 2.45) is 5.10 Å². The standard InChI is InChI=1S/C15H14ClN3O2/c1-9(10-3-2-4-12(17)7-10)18-19-15(21)13-8-11(16)5-6-14(13)20/h2-8,20H,17H2,1H3,(H,19,21)/b18-9-. The monoisotopic (exact) mass is 303 g/mol. The maximum atomic E-state index is 12.0. The zero-order chi connectivity index (χ0) is 15.4. The minimum absolute atomic E-state index is 0.0617. The molecule has 2 aromatic rings. The number of hydrogen-bond donors (Lipinski definition) is 3. The second kappa shape index (κ2) is 6.28. The van der Waals surface area contributed by atoms with Crippen LogP contribution in [0.5, 0.6) is 5.75 Å². The summed E-state index contributed by atoms with van der Waals surface area (Å²) in [6.07, 6.45) is 0. The van der Waals surface area contributed by atoms with E-state index in [9.17, 15) is 9.90 Å². The molecule has 0 atom stereocenters. The Balaban J connectivity index is 2.16. The molecule has 0 bridgehead atoms. The number of phenolic OH excluding ortho intramolecular Hbond substituents is 1. The molecule has 0 saturated heterocycles. The van der Waals surface area contributed by atoms with Gasteiger partial charge in [-0.25, -0.2) is 5.43 Å². The summed E-state index contributed by atoms with van der Waals surface area (Å²) in [5, 5.41) is 14.0. The smallest absolute Gasteiger partial charge is 0.275 e. The SMILES string of the molecule is C/C(=N/NC(=O)c1cc(Cl)ccc1O)c1cccc(N)c1. The molecule has 0 fully saturated rings. The molecule has 6 heteroatoms. The van der Waals surface area contributed by atoms with Crippen molar-refractivity contribution in [1.29, 1.82) is 0 Å². The Morgan fingerprint density at radius 1 is 1.29 bits per heavy atom. The number of rotatable bonds is 3. The lowest BCUT2D eigenvalue weighted by atomic mass is 10.1. The molecule has 108 valence electrons. The van der Waals surface area contributed by atoms with Gasteiger partial charge >= 0.3 is 0 Å². The van der Waals surface area contributed by atoms with Crippen LogP contribution in [0.4, 0.5) is 5.69 Å². The van der Waals surface area contributed by atoms with Crippen LogP contribution in [0.2, 0.25) is 5.02 Å². The number of nitrogens with two attached hydrogens (primary N) is 1. The molecule has 0 aromatic heterocycles. The minimum Gasteiger partial charge on any atom is -0.507 e. The molecule has 0 aliphatic rings. The second-order valence-electron chi connectivity index (χ2n) is 4.43. The molecule has 0 aliphatic carbocycles. The molecule has 1 amide bonds. The zero-order valence-corrected chi connectivity index (χ0v) is 12.1. The number of nitrogens with zero attached hydrogens (tertiary/aromatic N) is 1. The number of aromatic hydroxyl groups is 1. The van der Waals surface area contributed by atoms with Gasteiger partial charge in [0.1, 0.15) is 5.75 Å². The van der Waals surface area contributed by atoms with Gasteiger partial charge in [-0.05, 0) is 42.8 Å². The first kappa shape index (κ1) is 14.9. The van der Waals surface area contributed by atoms with Crippen LogP contribution >= 0.6 is 11.6 Å². The van der Waals surface area contributed by atoms with Crippen molar-refractivity contribution in [2.45, 2.75) is 6.92 Å². The van der Waals surface area contributed by atoms with Gasteiger partial charge in [-0.2, -0.15) is 5.10 Å². The second-order valence-corrected chi connectivity index (χ2v) is 4.86. The van der Waals surface area contributed by atoms with Crippen molar-refractivity contribution < 1.29 is 9.90 Å². The van der Waals surface area contributed by atoms with Crippen molar-refractivity contribution in [3.8, 4) is 5.75 Å². The number of phenols is 1. The van der Waals surface area contributed by atoms with Gasteiger partial charge in [-0.1, -0.05) is 23.7 Å². The highest BCUT2D eigenvalue weighted by Gasteiger charge is 2.11. The van der Waals surface area contributed by atoms with Gasteiger partial charge in [0.25, 0.3) is 5.91 Å². The summed E-state index contributed by atoms with van der Waals surface area (Å²) in [5.41, 5.74) is 10.1. The first-order valence-corrected chi connectivity index (χ1v) is 6.54. The van der Waals surface area contributed by atoms with Gasteiger partial charge in [0.05, 0.1) is 11.3 Å². The van der Waals surface area contributed by atoms with E-state index in [2.05, 4.69) is 10.5 Å². The van der Waals surface area contributed by atoms with E-state index in [-0.39, 0.29) is 11.3 Å². The van der Waals surface area contributed by atoms with Gasteiger partial charge < -0.3 is 10.8 Å². The molecule has 21 heavy (non-hydrogen) atoms. The fourth-order valence-electron chi connectivity index (χ4n) is 1.71. The van der Waals surface area contributed by atoms with Crippen molar-refractivity contribution >= 4 is 28.9 Å². The molecule has 5 nitrogen and oxygen atoms in total. The van der Waals surface area contributed by atoms with E-state index >= 15 is 0 Å². The number of carbonyl (C=O) groups excluding carboxylic acids is 1. The highest BCUT2D eigenvalue weighted by molar-refractivity contribution is 6.31. The zero-order valence-electron chi connectivity index (χ0n) is 11.3. The lowest BCUT2D eigenvalue weighted by molar-refractivity contribution is 0.0952. The van der Waals surface area contributed by atoms with Crippen molar-refractivity contribution in [2.75, 3.05) is 5.73 Å². The molecular weight excluding hydrogens is 290 g/mol. The molecule has 4 N–H and O–H groups in total. The molecule has 0 unspecified atom stereocenters. The minimum atomic E-state index is -0.543. The summed E-state index contributed by atoms with van der Waals surface area (Å²) < 4.78 is 0. The lowest BCUT2D eigenvalue weighted by Gasteiger charge is -2.05. The van der Waals surface area contributed by atoms with E-state index in [1.807, 2.05) is 6.07 Å². The normalized spacial score (nSPS) is 11.2. The number of hydrogen-bond acceptors (Lipinski definition) is 4. The van der Waals surface area contributed by atoms with E-state index in [1.54, 1.807) is 25.1 Å². The summed E-state index contributed by atoms with van der Waals surface area (Å²) in [5.74, 6) is -0.702. The predicted molar refractivity (Wildman–Crippen MR) is 83.6 cm³/mol. The number of halogens is 1. The fraction of sp³-hybridized carbons (Fsp3) is 0.0667. The van der Waals surface area contributed by atoms with Crippen LogP contribution < -0.4 is 11.2 Å². The van der Waals surface area contributed by atoms with Gasteiger partial charge in [0.2, 0.25) is 0 Å². The van der Waals surface area contributed by atoms with Crippen LogP contribution in [-0.2, 0) is 0 Å². The first-order valence-electron chi connectivity index (χ1n) is 6.16. The van der Waals surface area contributed by atoms with Crippen LogP contribution in [0.15, 0.2) is 47.6 Å². The quantitative estimate of drug-likeness (QED) is 0.463. The molecule has 0 aliphatic heterocycles. The Morgan fingerprint density at radius 2 is 2.05 bits per heavy atom. The molecule has 0 spiro atoms. The average Bonchev–Trinajstić information content (AvgIpc) is 2.47. The number of benzene rings is 2. The van der Waals surface area contributed by atoms with Crippen LogP contribution in [0.25, 0.3) is 0 Å². The Hall–Kier alpha value is -2.53. The lowest BCUT2D eigenvalue weighted by Crippen LogP contribution is -2.19. The Labute approximate surface area is 127 Å². The van der Waals surface area contributed by atoms with Crippen molar-refractivity contribution in [3.05, 3.63) is 58.6 Å². The Morgan fingerprint density at radius 3 is 2.76 bits per heavy atom. The summed E-state index contributed by atoms with van der Waals surface area (Å²) in [6.45, 7) is 1.74. The van der Waals surface area contributed by atoms with E-state index in [4.69, 9.17) is 17.3 Å². The van der Waals surface area contributed by atoms with E-state index in [0.717, 1.165) is 5.56 Å². The maximum Gasteiger partial charge on any atom is 0.275 e. The summed E-state index contributed by atoms with van der Waals surface area (Å²) in [4.78, 5) is 12.0. The van der Waals surface area contributed by atoms with E-state index < -0.39 is 5.91 Å². The molecule has 0 radical (unpaired) electrons. The molecule has 2 aromatic carbocycles. The van der Waals surface area contributed by atoms with E-state index in [1.165, 1.54) is 18.2 Å². The third-order valence-corrected chi connectivity index (χ3v) is 3.07. The van der Waals surface area contributed by atoms with E-state index in [0.29, 0.717) is 16.4 Å². The topological polar surface area (TPSA) is 87.7 Å². The Bertz CT molecular complexity index is 714. The highest BCUT2D eigenvalue weighted by atomic mass is 35.5. The van der Waals surface area contributed by atoms with Crippen LogP contribution in [0.3, 0.4) is 0 Å². The maximum absolute atomic E-state index is 12.0. The summed E-state index contributed by atoms with van der Waals surface area (Å²) >= 11 is 5.80. The summed E-state index contributed by atoms with van der Waals surface area (Å²) in [6, 6.07) is 11.4. The van der Waals surface area contributed by atoms with Gasteiger partial charge in [-0.3, -0.25) is 4.79 Å². The molecule has 0 heterocycles. The third-order valence-electron chi connectivity index (χ3n) is 2.83. The molecule has 2 rings (SSSR count). The van der Waals surface area contributed by atoms with Gasteiger partial charge in [0.15, 0.2) is 0 Å². The number of anilines is 1. The van der Waals surface area contributed by atoms with Crippen molar-refractivity contribution in [3.63, 3.8) is 0 Å².